The summed E-state index contributed by atoms with van der Waals surface area (Å²) in [5.74, 6) is -0.367. The first-order valence-corrected chi connectivity index (χ1v) is 9.93. The van der Waals surface area contributed by atoms with Crippen molar-refractivity contribution in [3.05, 3.63) is 58.8 Å². The van der Waals surface area contributed by atoms with Crippen molar-refractivity contribution < 1.29 is 18.0 Å². The second-order valence-electron chi connectivity index (χ2n) is 6.76. The smallest absolute Gasteiger partial charge is 0.323 e. The third kappa shape index (κ3) is 4.33. The number of carbonyl (C=O) groups is 1. The Labute approximate surface area is 169 Å². The summed E-state index contributed by atoms with van der Waals surface area (Å²) < 4.78 is 40.8. The zero-order chi connectivity index (χ0) is 20.4. The fraction of sp³-hybridized carbons (Fsp3) is 0.316. The van der Waals surface area contributed by atoms with Crippen molar-refractivity contribution in [2.24, 2.45) is 0 Å². The lowest BCUT2D eigenvalue weighted by atomic mass is 10.1. The quantitative estimate of drug-likeness (QED) is 0.673. The molecule has 0 aliphatic carbocycles. The van der Waals surface area contributed by atoms with Crippen molar-refractivity contribution >= 4 is 22.9 Å². The lowest BCUT2D eigenvalue weighted by molar-refractivity contribution is -0.137. The molecule has 1 amide bonds. The summed E-state index contributed by atoms with van der Waals surface area (Å²) in [5, 5.41) is 8.60. The van der Waals surface area contributed by atoms with Gasteiger partial charge in [0.25, 0.3) is 0 Å². The predicted molar refractivity (Wildman–Crippen MR) is 103 cm³/mol. The number of benzene rings is 1. The van der Waals surface area contributed by atoms with E-state index in [1.807, 2.05) is 17.5 Å². The fourth-order valence-corrected chi connectivity index (χ4v) is 4.43. The van der Waals surface area contributed by atoms with Crippen LogP contribution in [-0.4, -0.2) is 38.7 Å². The number of likely N-dealkylation sites (tertiary alicyclic amines) is 1. The number of hydrogen-bond donors (Lipinski definition) is 1. The summed E-state index contributed by atoms with van der Waals surface area (Å²) in [7, 11) is 0. The van der Waals surface area contributed by atoms with E-state index in [9.17, 15) is 18.0 Å². The summed E-state index contributed by atoms with van der Waals surface area (Å²) in [6, 6.07) is 7.34. The normalized spacial score (nSPS) is 17.6. The van der Waals surface area contributed by atoms with Crippen LogP contribution < -0.4 is 5.32 Å². The third-order valence-electron chi connectivity index (χ3n) is 4.85. The van der Waals surface area contributed by atoms with Gasteiger partial charge in [-0.2, -0.15) is 18.3 Å². The Morgan fingerprint density at radius 2 is 2.17 bits per heavy atom. The van der Waals surface area contributed by atoms with E-state index in [0.29, 0.717) is 5.69 Å². The van der Waals surface area contributed by atoms with Crippen LogP contribution in [0.5, 0.6) is 0 Å². The fourth-order valence-electron chi connectivity index (χ4n) is 3.54. The van der Waals surface area contributed by atoms with Gasteiger partial charge in [-0.05, 0) is 49.0 Å². The Hall–Kier alpha value is -2.72. The van der Waals surface area contributed by atoms with Crippen molar-refractivity contribution in [3.8, 4) is 5.69 Å². The van der Waals surface area contributed by atoms with E-state index in [0.717, 1.165) is 31.5 Å². The third-order valence-corrected chi connectivity index (χ3v) is 5.82. The molecule has 0 radical (unpaired) electrons. The maximum Gasteiger partial charge on any atom is 0.416 e. The van der Waals surface area contributed by atoms with Gasteiger partial charge in [0, 0.05) is 10.9 Å². The molecular weight excluding hydrogens is 403 g/mol. The van der Waals surface area contributed by atoms with Crippen molar-refractivity contribution in [3.63, 3.8) is 0 Å². The first-order chi connectivity index (χ1) is 13.9. The minimum Gasteiger partial charge on any atom is -0.323 e. The second kappa shape index (κ2) is 7.96. The molecular formula is C19H18F3N5OS. The zero-order valence-electron chi connectivity index (χ0n) is 15.3. The largest absolute Gasteiger partial charge is 0.416 e. The van der Waals surface area contributed by atoms with Gasteiger partial charge in [0.1, 0.15) is 12.7 Å². The zero-order valence-corrected chi connectivity index (χ0v) is 16.1. The minimum atomic E-state index is -4.51. The second-order valence-corrected chi connectivity index (χ2v) is 7.74. The maximum absolute atomic E-state index is 13.2. The molecule has 3 heterocycles. The maximum atomic E-state index is 13.2. The summed E-state index contributed by atoms with van der Waals surface area (Å²) in [4.78, 5) is 19.8. The van der Waals surface area contributed by atoms with Crippen LogP contribution in [0.1, 0.15) is 29.3 Å². The molecule has 4 rings (SSSR count). The standard InChI is InChI=1S/C19H18F3N5OS/c20-19(21,22)13-5-6-15(27-12-23-11-24-27)14(9-13)25-18(28)10-26-7-1-3-16(26)17-4-2-8-29-17/h2,4-6,8-9,11-12,16H,1,3,7,10H2,(H,25,28)/t16-/m0/s1. The molecule has 6 nitrogen and oxygen atoms in total. The van der Waals surface area contributed by atoms with Crippen LogP contribution >= 0.6 is 11.3 Å². The van der Waals surface area contributed by atoms with Gasteiger partial charge in [-0.15, -0.1) is 11.3 Å². The highest BCUT2D eigenvalue weighted by atomic mass is 32.1. The van der Waals surface area contributed by atoms with Gasteiger partial charge in [0.2, 0.25) is 5.91 Å². The van der Waals surface area contributed by atoms with Crippen LogP contribution in [-0.2, 0) is 11.0 Å². The monoisotopic (exact) mass is 421 g/mol. The Morgan fingerprint density at radius 3 is 2.86 bits per heavy atom. The van der Waals surface area contributed by atoms with Gasteiger partial charge in [-0.3, -0.25) is 9.69 Å². The highest BCUT2D eigenvalue weighted by Crippen LogP contribution is 2.35. The molecule has 1 aromatic carbocycles. The van der Waals surface area contributed by atoms with Crippen LogP contribution in [0.25, 0.3) is 5.69 Å². The number of halogens is 3. The van der Waals surface area contributed by atoms with Crippen LogP contribution in [0, 0.1) is 0 Å². The number of hydrogen-bond acceptors (Lipinski definition) is 5. The molecule has 1 saturated heterocycles. The number of alkyl halides is 3. The number of aromatic nitrogens is 3. The minimum absolute atomic E-state index is 0.0437. The van der Waals surface area contributed by atoms with Crippen LogP contribution in [0.2, 0.25) is 0 Å². The topological polar surface area (TPSA) is 63.1 Å². The van der Waals surface area contributed by atoms with Gasteiger partial charge in [0.15, 0.2) is 0 Å². The molecule has 10 heteroatoms. The number of nitrogens with one attached hydrogen (secondary N) is 1. The van der Waals surface area contributed by atoms with Gasteiger partial charge in [-0.1, -0.05) is 6.07 Å². The Kier molecular flexibility index (Phi) is 5.37. The molecule has 0 spiro atoms. The Morgan fingerprint density at radius 1 is 1.31 bits per heavy atom. The number of anilines is 1. The molecule has 1 fully saturated rings. The van der Waals surface area contributed by atoms with E-state index in [-0.39, 0.29) is 24.2 Å². The summed E-state index contributed by atoms with van der Waals surface area (Å²) in [6.45, 7) is 0.879. The van der Waals surface area contributed by atoms with E-state index in [4.69, 9.17) is 0 Å². The molecule has 0 saturated carbocycles. The molecule has 29 heavy (non-hydrogen) atoms. The first kappa shape index (κ1) is 19.6. The number of nitrogens with zero attached hydrogens (tertiary/aromatic N) is 4. The Bertz CT molecular complexity index is 972. The highest BCUT2D eigenvalue weighted by Gasteiger charge is 2.32. The summed E-state index contributed by atoms with van der Waals surface area (Å²) in [6.07, 6.45) is 0.0649. The number of rotatable bonds is 5. The van der Waals surface area contributed by atoms with E-state index >= 15 is 0 Å². The Balaban J connectivity index is 1.55. The van der Waals surface area contributed by atoms with E-state index in [2.05, 4.69) is 20.3 Å². The molecule has 1 N–H and O–H groups in total. The molecule has 152 valence electrons. The lowest BCUT2D eigenvalue weighted by Crippen LogP contribution is -2.33. The average Bonchev–Trinajstić information content (AvgIpc) is 3.43. The van der Waals surface area contributed by atoms with E-state index < -0.39 is 11.7 Å². The van der Waals surface area contributed by atoms with Crippen LogP contribution in [0.15, 0.2) is 48.4 Å². The molecule has 0 bridgehead atoms. The van der Waals surface area contributed by atoms with Gasteiger partial charge in [0.05, 0.1) is 23.5 Å². The summed E-state index contributed by atoms with van der Waals surface area (Å²) in [5.41, 5.74) is -0.475. The molecule has 2 aromatic heterocycles. The predicted octanol–water partition coefficient (Wildman–Crippen LogP) is 4.12. The van der Waals surface area contributed by atoms with Crippen molar-refractivity contribution in [1.82, 2.24) is 19.7 Å². The molecule has 0 unspecified atom stereocenters. The van der Waals surface area contributed by atoms with Crippen LogP contribution in [0.3, 0.4) is 0 Å². The first-order valence-electron chi connectivity index (χ1n) is 9.05. The molecule has 1 aliphatic heterocycles. The van der Waals surface area contributed by atoms with Gasteiger partial charge >= 0.3 is 6.18 Å². The van der Waals surface area contributed by atoms with Crippen molar-refractivity contribution in [1.29, 1.82) is 0 Å². The van der Waals surface area contributed by atoms with Gasteiger partial charge in [-0.25, -0.2) is 9.67 Å². The van der Waals surface area contributed by atoms with E-state index in [1.165, 1.54) is 28.3 Å². The van der Waals surface area contributed by atoms with E-state index in [1.54, 1.807) is 11.3 Å². The number of thiophene rings is 1. The molecule has 1 aliphatic rings. The lowest BCUT2D eigenvalue weighted by Gasteiger charge is -2.23. The highest BCUT2D eigenvalue weighted by molar-refractivity contribution is 7.10. The van der Waals surface area contributed by atoms with Crippen LogP contribution in [0.4, 0.5) is 18.9 Å². The SMILES string of the molecule is O=C(CN1CCC[C@H]1c1cccs1)Nc1cc(C(F)(F)F)ccc1-n1cncn1. The number of carbonyl (C=O) groups excluding carboxylic acids is 1. The van der Waals surface area contributed by atoms with Crippen molar-refractivity contribution in [2.75, 3.05) is 18.4 Å². The van der Waals surface area contributed by atoms with Crippen molar-refractivity contribution in [2.45, 2.75) is 25.1 Å². The average molecular weight is 421 g/mol. The molecule has 1 atom stereocenters. The number of amides is 1. The molecule has 3 aromatic rings. The summed E-state index contributed by atoms with van der Waals surface area (Å²) >= 11 is 1.64. The van der Waals surface area contributed by atoms with Gasteiger partial charge < -0.3 is 5.32 Å².